The van der Waals surface area contributed by atoms with Crippen molar-refractivity contribution in [3.63, 3.8) is 0 Å². The molecule has 0 radical (unpaired) electrons. The van der Waals surface area contributed by atoms with E-state index in [1.54, 1.807) is 0 Å². The van der Waals surface area contributed by atoms with Crippen LogP contribution in [0.1, 0.15) is 11.4 Å². The fourth-order valence-corrected chi connectivity index (χ4v) is 1.50. The molecule has 1 aromatic heterocycles. The summed E-state index contributed by atoms with van der Waals surface area (Å²) in [4.78, 5) is 8.36. The lowest BCUT2D eigenvalue weighted by molar-refractivity contribution is 0.910. The average Bonchev–Trinajstić information content (AvgIpc) is 2.30. The Bertz CT molecular complexity index is 449. The van der Waals surface area contributed by atoms with Gasteiger partial charge in [-0.25, -0.2) is 9.97 Å². The molecule has 0 aliphatic heterocycles. The molecule has 0 aliphatic carbocycles. The summed E-state index contributed by atoms with van der Waals surface area (Å²) in [5.41, 5.74) is 8.87. The number of aromatic nitrogens is 2. The van der Waals surface area contributed by atoms with Crippen LogP contribution in [-0.2, 0) is 6.54 Å². The Hall–Kier alpha value is -1.74. The lowest BCUT2D eigenvalue weighted by atomic mass is 10.0. The molecular weight excluding hydrogens is 186 g/mol. The summed E-state index contributed by atoms with van der Waals surface area (Å²) in [7, 11) is 0. The predicted octanol–water partition coefficient (Wildman–Crippen LogP) is 1.91. The van der Waals surface area contributed by atoms with Gasteiger partial charge in [-0.05, 0) is 18.1 Å². The predicted molar refractivity (Wildman–Crippen MR) is 60.1 cm³/mol. The first-order valence-electron chi connectivity index (χ1n) is 4.88. The topological polar surface area (TPSA) is 51.8 Å². The molecule has 0 atom stereocenters. The van der Waals surface area contributed by atoms with Crippen LogP contribution >= 0.6 is 0 Å². The Kier molecular flexibility index (Phi) is 2.74. The standard InChI is InChI=1S/C12H13N3/c1-9-4-2-3-5-11(9)10-7-14-12(6-13)15-8-10/h2-5,7-8H,6,13H2,1H3. The summed E-state index contributed by atoms with van der Waals surface area (Å²) in [5, 5.41) is 0. The molecule has 0 fully saturated rings. The van der Waals surface area contributed by atoms with Crippen molar-refractivity contribution in [3.8, 4) is 11.1 Å². The van der Waals surface area contributed by atoms with Gasteiger partial charge in [-0.15, -0.1) is 0 Å². The summed E-state index contributed by atoms with van der Waals surface area (Å²) in [5.74, 6) is 0.673. The molecule has 0 unspecified atom stereocenters. The molecule has 1 aromatic carbocycles. The quantitative estimate of drug-likeness (QED) is 0.803. The first-order chi connectivity index (χ1) is 7.31. The molecule has 0 saturated heterocycles. The van der Waals surface area contributed by atoms with E-state index < -0.39 is 0 Å². The van der Waals surface area contributed by atoms with Crippen molar-refractivity contribution in [2.24, 2.45) is 5.73 Å². The number of hydrogen-bond donors (Lipinski definition) is 1. The highest BCUT2D eigenvalue weighted by Gasteiger charge is 2.01. The molecule has 2 N–H and O–H groups in total. The highest BCUT2D eigenvalue weighted by atomic mass is 14.9. The number of hydrogen-bond acceptors (Lipinski definition) is 3. The Morgan fingerprint density at radius 1 is 1.13 bits per heavy atom. The number of rotatable bonds is 2. The van der Waals surface area contributed by atoms with Crippen molar-refractivity contribution in [3.05, 3.63) is 48.0 Å². The Labute approximate surface area is 89.0 Å². The van der Waals surface area contributed by atoms with Gasteiger partial charge in [-0.2, -0.15) is 0 Å². The first kappa shape index (κ1) is 9.80. The van der Waals surface area contributed by atoms with E-state index in [0.717, 1.165) is 5.56 Å². The van der Waals surface area contributed by atoms with Crippen molar-refractivity contribution >= 4 is 0 Å². The van der Waals surface area contributed by atoms with E-state index in [-0.39, 0.29) is 0 Å². The van der Waals surface area contributed by atoms with Crippen LogP contribution in [0, 0.1) is 6.92 Å². The van der Waals surface area contributed by atoms with E-state index >= 15 is 0 Å². The largest absolute Gasteiger partial charge is 0.324 e. The minimum Gasteiger partial charge on any atom is -0.324 e. The van der Waals surface area contributed by atoms with Crippen LogP contribution in [0.5, 0.6) is 0 Å². The van der Waals surface area contributed by atoms with Crippen LogP contribution in [0.4, 0.5) is 0 Å². The van der Waals surface area contributed by atoms with E-state index in [4.69, 9.17) is 5.73 Å². The van der Waals surface area contributed by atoms with Crippen molar-refractivity contribution in [2.45, 2.75) is 13.5 Å². The van der Waals surface area contributed by atoms with Crippen LogP contribution < -0.4 is 5.73 Å². The van der Waals surface area contributed by atoms with Crippen molar-refractivity contribution in [1.82, 2.24) is 9.97 Å². The van der Waals surface area contributed by atoms with Gasteiger partial charge in [0.2, 0.25) is 0 Å². The van der Waals surface area contributed by atoms with Gasteiger partial charge >= 0.3 is 0 Å². The summed E-state index contributed by atoms with van der Waals surface area (Å²) in [6.45, 7) is 2.46. The van der Waals surface area contributed by atoms with E-state index in [2.05, 4.69) is 29.0 Å². The zero-order chi connectivity index (χ0) is 10.7. The van der Waals surface area contributed by atoms with Gasteiger partial charge < -0.3 is 5.73 Å². The van der Waals surface area contributed by atoms with Crippen LogP contribution in [-0.4, -0.2) is 9.97 Å². The number of nitrogens with zero attached hydrogens (tertiary/aromatic N) is 2. The minimum absolute atomic E-state index is 0.383. The van der Waals surface area contributed by atoms with Gasteiger partial charge in [0.15, 0.2) is 0 Å². The van der Waals surface area contributed by atoms with Crippen molar-refractivity contribution in [1.29, 1.82) is 0 Å². The monoisotopic (exact) mass is 199 g/mol. The SMILES string of the molecule is Cc1ccccc1-c1cnc(CN)nc1. The highest BCUT2D eigenvalue weighted by Crippen LogP contribution is 2.20. The molecule has 3 heteroatoms. The Morgan fingerprint density at radius 2 is 1.80 bits per heavy atom. The van der Waals surface area contributed by atoms with Crippen LogP contribution in [0.2, 0.25) is 0 Å². The third-order valence-corrected chi connectivity index (χ3v) is 2.34. The maximum Gasteiger partial charge on any atom is 0.141 e. The molecule has 0 aliphatic rings. The van der Waals surface area contributed by atoms with Crippen LogP contribution in [0.3, 0.4) is 0 Å². The lowest BCUT2D eigenvalue weighted by Gasteiger charge is -2.04. The fraction of sp³-hybridized carbons (Fsp3) is 0.167. The van der Waals surface area contributed by atoms with Gasteiger partial charge in [0.05, 0.1) is 6.54 Å². The summed E-state index contributed by atoms with van der Waals surface area (Å²) >= 11 is 0. The number of aryl methyl sites for hydroxylation is 1. The average molecular weight is 199 g/mol. The summed E-state index contributed by atoms with van der Waals surface area (Å²) in [6.07, 6.45) is 3.63. The molecule has 2 aromatic rings. The lowest BCUT2D eigenvalue weighted by Crippen LogP contribution is -2.02. The van der Waals surface area contributed by atoms with Crippen LogP contribution in [0.15, 0.2) is 36.7 Å². The molecule has 2 rings (SSSR count). The summed E-state index contributed by atoms with van der Waals surface area (Å²) in [6, 6.07) is 8.18. The molecule has 76 valence electrons. The minimum atomic E-state index is 0.383. The Balaban J connectivity index is 2.42. The maximum atomic E-state index is 5.44. The van der Waals surface area contributed by atoms with Gasteiger partial charge in [-0.3, -0.25) is 0 Å². The zero-order valence-corrected chi connectivity index (χ0v) is 8.64. The second-order valence-corrected chi connectivity index (χ2v) is 3.41. The Morgan fingerprint density at radius 3 is 2.40 bits per heavy atom. The second-order valence-electron chi connectivity index (χ2n) is 3.41. The normalized spacial score (nSPS) is 10.3. The van der Waals surface area contributed by atoms with Gasteiger partial charge in [-0.1, -0.05) is 24.3 Å². The highest BCUT2D eigenvalue weighted by molar-refractivity contribution is 5.65. The molecule has 0 amide bonds. The third kappa shape index (κ3) is 2.02. The number of benzene rings is 1. The molecule has 0 bridgehead atoms. The van der Waals surface area contributed by atoms with Crippen LogP contribution in [0.25, 0.3) is 11.1 Å². The molecule has 15 heavy (non-hydrogen) atoms. The van der Waals surface area contributed by atoms with Gasteiger partial charge in [0.25, 0.3) is 0 Å². The van der Waals surface area contributed by atoms with Gasteiger partial charge in [0, 0.05) is 18.0 Å². The summed E-state index contributed by atoms with van der Waals surface area (Å²) < 4.78 is 0. The van der Waals surface area contributed by atoms with Gasteiger partial charge in [0.1, 0.15) is 5.82 Å². The van der Waals surface area contributed by atoms with E-state index in [0.29, 0.717) is 12.4 Å². The van der Waals surface area contributed by atoms with E-state index in [9.17, 15) is 0 Å². The van der Waals surface area contributed by atoms with Crippen molar-refractivity contribution < 1.29 is 0 Å². The third-order valence-electron chi connectivity index (χ3n) is 2.34. The second kappa shape index (κ2) is 4.19. The molecule has 1 heterocycles. The molecular formula is C12H13N3. The van der Waals surface area contributed by atoms with E-state index in [1.807, 2.05) is 24.5 Å². The molecule has 3 nitrogen and oxygen atoms in total. The zero-order valence-electron chi connectivity index (χ0n) is 8.64. The fourth-order valence-electron chi connectivity index (χ4n) is 1.50. The smallest absolute Gasteiger partial charge is 0.141 e. The molecule has 0 spiro atoms. The van der Waals surface area contributed by atoms with Crippen molar-refractivity contribution in [2.75, 3.05) is 0 Å². The number of nitrogens with two attached hydrogens (primary N) is 1. The van der Waals surface area contributed by atoms with E-state index in [1.165, 1.54) is 11.1 Å². The first-order valence-corrected chi connectivity index (χ1v) is 4.88. The maximum absolute atomic E-state index is 5.44. The molecule has 0 saturated carbocycles.